The molecule has 2 amide bonds. The molecule has 6 heterocycles. The van der Waals surface area contributed by atoms with Gasteiger partial charge in [-0.2, -0.15) is 20.7 Å². The molecule has 0 bridgehead atoms. The maximum atomic E-state index is 13.5. The molecule has 20 nitrogen and oxygen atoms in total. The molecule has 2 N–H and O–H groups in total. The smallest absolute Gasteiger partial charge is 0.272 e. The average molecular weight is 1020 g/mol. The molecule has 2 aliphatic carbocycles. The Hall–Kier alpha value is -6.46. The number of aromatic nitrogens is 4. The summed E-state index contributed by atoms with van der Waals surface area (Å²) >= 11 is 0. The number of nitrogens with zero attached hydrogens (tertiary/aromatic N) is 10. The first-order chi connectivity index (χ1) is 34.1. The molecule has 72 heavy (non-hydrogen) atoms. The fraction of sp³-hybridized carbons (Fsp3) is 0.520. The highest BCUT2D eigenvalue weighted by molar-refractivity contribution is 7.94. The van der Waals surface area contributed by atoms with Crippen molar-refractivity contribution < 1.29 is 46.3 Å². The number of nitriles is 2. The maximum Gasteiger partial charge on any atom is 0.272 e. The van der Waals surface area contributed by atoms with Crippen molar-refractivity contribution in [1.29, 1.82) is 10.5 Å². The Kier molecular flexibility index (Phi) is 12.8. The Bertz CT molecular complexity index is 3010. The number of aliphatic hydroxyl groups is 2. The lowest BCUT2D eigenvalue weighted by atomic mass is 9.97. The number of carbonyl (C=O) groups excluding carboxylic acids is 2. The third kappa shape index (κ3) is 8.45. The fourth-order valence-corrected chi connectivity index (χ4v) is 14.8. The van der Waals surface area contributed by atoms with Crippen LogP contribution < -0.4 is 0 Å². The number of hydrogen-bond donors (Lipinski definition) is 2. The molecular weight excluding hydrogens is 965 g/mol. The summed E-state index contributed by atoms with van der Waals surface area (Å²) in [5.74, 6) is -0.493. The molecule has 6 aliphatic rings. The average Bonchev–Trinajstić information content (AvgIpc) is 4.08. The van der Waals surface area contributed by atoms with Crippen LogP contribution in [0.5, 0.6) is 0 Å². The van der Waals surface area contributed by atoms with E-state index in [1.807, 2.05) is 24.3 Å². The fourth-order valence-electron chi connectivity index (χ4n) is 10.2. The zero-order valence-electron chi connectivity index (χ0n) is 41.1. The van der Waals surface area contributed by atoms with Crippen LogP contribution in [0.15, 0.2) is 58.8 Å². The van der Waals surface area contributed by atoms with Crippen LogP contribution in [0.1, 0.15) is 144 Å². The summed E-state index contributed by atoms with van der Waals surface area (Å²) < 4.78 is 51.6. The van der Waals surface area contributed by atoms with Gasteiger partial charge in [-0.05, 0) is 102 Å². The monoisotopic (exact) mass is 1020 g/mol. The lowest BCUT2D eigenvalue weighted by Crippen LogP contribution is -2.51. The van der Waals surface area contributed by atoms with Gasteiger partial charge >= 0.3 is 0 Å². The predicted molar refractivity (Wildman–Crippen MR) is 262 cm³/mol. The number of sulfone groups is 2. The summed E-state index contributed by atoms with van der Waals surface area (Å²) in [6, 6.07) is 18.5. The number of rotatable bonds is 14. The van der Waals surface area contributed by atoms with Gasteiger partial charge in [-0.1, -0.05) is 34.6 Å². The van der Waals surface area contributed by atoms with E-state index in [-0.39, 0.29) is 37.1 Å². The van der Waals surface area contributed by atoms with Gasteiger partial charge in [0.2, 0.25) is 0 Å². The molecule has 380 valence electrons. The summed E-state index contributed by atoms with van der Waals surface area (Å²) in [5.41, 5.74) is 8.00. The van der Waals surface area contributed by atoms with E-state index in [1.165, 1.54) is 27.7 Å². The van der Waals surface area contributed by atoms with Gasteiger partial charge in [0.25, 0.3) is 11.8 Å². The van der Waals surface area contributed by atoms with Crippen LogP contribution >= 0.6 is 0 Å². The number of fused-ring (bicyclic) bond motifs is 2. The van der Waals surface area contributed by atoms with Crippen LogP contribution in [0.3, 0.4) is 0 Å². The highest BCUT2D eigenvalue weighted by Crippen LogP contribution is 2.50. The van der Waals surface area contributed by atoms with Gasteiger partial charge in [0.05, 0.1) is 55.5 Å². The Morgan fingerprint density at radius 2 is 0.986 bits per heavy atom. The van der Waals surface area contributed by atoms with E-state index in [4.69, 9.17) is 20.2 Å². The summed E-state index contributed by atoms with van der Waals surface area (Å²) in [6.07, 6.45) is 3.39. The number of oxime groups is 2. The van der Waals surface area contributed by atoms with Crippen LogP contribution in [-0.2, 0) is 56.3 Å². The van der Waals surface area contributed by atoms with Gasteiger partial charge in [0.1, 0.15) is 34.2 Å². The second-order valence-corrected chi connectivity index (χ2v) is 26.9. The normalized spacial score (nSPS) is 21.0. The second-order valence-electron chi connectivity index (χ2n) is 20.9. The third-order valence-corrected chi connectivity index (χ3v) is 21.7. The van der Waals surface area contributed by atoms with Crippen LogP contribution in [0.4, 0.5) is 0 Å². The highest BCUT2D eigenvalue weighted by atomic mass is 32.2. The summed E-state index contributed by atoms with van der Waals surface area (Å²) in [6.45, 7) is 6.18. The third-order valence-electron chi connectivity index (χ3n) is 15.2. The van der Waals surface area contributed by atoms with Gasteiger partial charge in [-0.25, -0.2) is 16.8 Å². The number of aryl methyl sites for hydroxylation is 2. The molecule has 4 aromatic rings. The largest absolute Gasteiger partial charge is 0.395 e. The minimum Gasteiger partial charge on any atom is -0.395 e. The maximum absolute atomic E-state index is 13.5. The van der Waals surface area contributed by atoms with E-state index in [0.29, 0.717) is 110 Å². The molecule has 10 rings (SSSR count). The van der Waals surface area contributed by atoms with Gasteiger partial charge in [-0.15, -0.1) is 0 Å². The van der Waals surface area contributed by atoms with E-state index in [2.05, 4.69) is 32.6 Å². The standard InChI is InChI=1S/2C25H29N5O5S/c2*1-24(2,15-31)36(33,34)25(9-10-25)14-30-11-8-18-21(27-29(3)22(18)23(30)32)19-12-20(35-28-19)17-6-4-16(13-26)5-7-17/h2*4-7,20,31H,8-12,14-15H2,1-3H3/t2*20-/m10/s1. The Morgan fingerprint density at radius 1 is 0.639 bits per heavy atom. The number of benzene rings is 2. The van der Waals surface area contributed by atoms with E-state index < -0.39 is 51.9 Å². The lowest BCUT2D eigenvalue weighted by molar-refractivity contribution is 0.0716. The predicted octanol–water partition coefficient (Wildman–Crippen LogP) is 3.75. The Labute approximate surface area is 418 Å². The van der Waals surface area contributed by atoms with E-state index in [0.717, 1.165) is 22.3 Å². The first-order valence-corrected chi connectivity index (χ1v) is 26.9. The minimum absolute atomic E-state index is 0.113. The minimum atomic E-state index is -3.65. The van der Waals surface area contributed by atoms with Crippen molar-refractivity contribution in [3.8, 4) is 12.1 Å². The van der Waals surface area contributed by atoms with E-state index in [9.17, 15) is 36.6 Å². The SMILES string of the molecule is Cn1nc(C2=NO[C@@H](c3ccc(C#N)cc3)C2)c2c1C(=O)N(CC1(S(=O)(=O)C(C)(C)CO)CC1)CC2.Cn1nc(C2=NO[C@H](c3ccc(C#N)cc3)C2)c2c1C(=O)N(CC1(S(=O)(=O)C(C)(C)CO)CC1)CC2. The van der Waals surface area contributed by atoms with Gasteiger partial charge in [-0.3, -0.25) is 19.0 Å². The van der Waals surface area contributed by atoms with Crippen molar-refractivity contribution in [2.45, 2.75) is 110 Å². The van der Waals surface area contributed by atoms with Crippen LogP contribution in [0.2, 0.25) is 0 Å². The molecule has 0 spiro atoms. The first-order valence-electron chi connectivity index (χ1n) is 23.9. The van der Waals surface area contributed by atoms with Crippen LogP contribution in [0, 0.1) is 22.7 Å². The quantitative estimate of drug-likeness (QED) is 0.182. The van der Waals surface area contributed by atoms with Crippen LogP contribution in [0.25, 0.3) is 0 Å². The summed E-state index contributed by atoms with van der Waals surface area (Å²) in [4.78, 5) is 41.5. The zero-order valence-corrected chi connectivity index (χ0v) is 42.8. The molecule has 2 fully saturated rings. The van der Waals surface area contributed by atoms with E-state index in [1.54, 1.807) is 57.5 Å². The molecule has 2 saturated carbocycles. The van der Waals surface area contributed by atoms with Gasteiger partial charge in [0.15, 0.2) is 31.9 Å². The Morgan fingerprint density at radius 3 is 1.29 bits per heavy atom. The van der Waals surface area contributed by atoms with Crippen molar-refractivity contribution in [2.24, 2.45) is 24.4 Å². The molecule has 2 aromatic carbocycles. The topological polar surface area (TPSA) is 276 Å². The Balaban J connectivity index is 0.000000178. The molecule has 0 radical (unpaired) electrons. The number of amides is 2. The van der Waals surface area contributed by atoms with Crippen molar-refractivity contribution in [3.63, 3.8) is 0 Å². The van der Waals surface area contributed by atoms with Crippen molar-refractivity contribution in [2.75, 3.05) is 39.4 Å². The van der Waals surface area contributed by atoms with E-state index >= 15 is 0 Å². The molecular formula is C50H58N10O10S2. The van der Waals surface area contributed by atoms with Crippen molar-refractivity contribution in [1.82, 2.24) is 29.4 Å². The van der Waals surface area contributed by atoms with Gasteiger partial charge < -0.3 is 29.7 Å². The first kappa shape index (κ1) is 50.5. The van der Waals surface area contributed by atoms with Crippen molar-refractivity contribution in [3.05, 3.63) is 105 Å². The number of hydrogen-bond acceptors (Lipinski definition) is 16. The van der Waals surface area contributed by atoms with Gasteiger partial charge in [0, 0.05) is 64.2 Å². The second kappa shape index (κ2) is 18.2. The molecule has 0 saturated heterocycles. The summed E-state index contributed by atoms with van der Waals surface area (Å²) in [7, 11) is -3.89. The van der Waals surface area contributed by atoms with Crippen LogP contribution in [-0.4, -0.2) is 138 Å². The zero-order chi connectivity index (χ0) is 51.8. The number of aliphatic hydroxyl groups excluding tert-OH is 2. The molecule has 2 aromatic heterocycles. The molecule has 0 unspecified atom stereocenters. The lowest BCUT2D eigenvalue weighted by Gasteiger charge is -2.34. The molecule has 2 atom stereocenters. The van der Waals surface area contributed by atoms with Crippen molar-refractivity contribution >= 4 is 42.9 Å². The number of carbonyl (C=O) groups is 2. The molecule has 4 aliphatic heterocycles. The highest BCUT2D eigenvalue weighted by Gasteiger charge is 2.62. The summed E-state index contributed by atoms with van der Waals surface area (Å²) in [5, 5.41) is 55.0. The molecule has 22 heteroatoms.